The monoisotopic (exact) mass is 193 g/mol. The molecule has 1 heteroatoms. The van der Waals surface area contributed by atoms with E-state index in [2.05, 4.69) is 4.90 Å². The lowest BCUT2D eigenvalue weighted by Gasteiger charge is -2.54. The Morgan fingerprint density at radius 1 is 0.786 bits per heavy atom. The van der Waals surface area contributed by atoms with Gasteiger partial charge < -0.3 is 0 Å². The van der Waals surface area contributed by atoms with Crippen molar-refractivity contribution in [3.05, 3.63) is 0 Å². The van der Waals surface area contributed by atoms with Crippen LogP contribution in [0.25, 0.3) is 0 Å². The molecule has 3 aliphatic carbocycles. The fraction of sp³-hybridized carbons (Fsp3) is 1.00. The van der Waals surface area contributed by atoms with Gasteiger partial charge in [-0.3, -0.25) is 4.90 Å². The second-order valence-corrected chi connectivity index (χ2v) is 5.75. The number of rotatable bonds is 1. The van der Waals surface area contributed by atoms with E-state index in [1.165, 1.54) is 70.9 Å². The molecule has 0 aromatic rings. The highest BCUT2D eigenvalue weighted by molar-refractivity contribution is 5.00. The summed E-state index contributed by atoms with van der Waals surface area (Å²) in [5, 5.41) is 0. The lowest BCUT2D eigenvalue weighted by atomic mass is 9.64. The van der Waals surface area contributed by atoms with Crippen molar-refractivity contribution < 1.29 is 0 Å². The molecule has 80 valence electrons. The van der Waals surface area contributed by atoms with Gasteiger partial charge >= 0.3 is 0 Å². The van der Waals surface area contributed by atoms with E-state index in [0.717, 1.165) is 5.92 Å². The van der Waals surface area contributed by atoms with Crippen LogP contribution in [0, 0.1) is 5.92 Å². The first-order chi connectivity index (χ1) is 6.89. The Bertz CT molecular complexity index is 184. The molecular formula is C13H23N. The Morgan fingerprint density at radius 3 is 1.93 bits per heavy atom. The number of nitrogens with zero attached hydrogens (tertiary/aromatic N) is 1. The van der Waals surface area contributed by atoms with Gasteiger partial charge in [0, 0.05) is 5.54 Å². The summed E-state index contributed by atoms with van der Waals surface area (Å²) >= 11 is 0. The summed E-state index contributed by atoms with van der Waals surface area (Å²) in [6.07, 6.45) is 13.6. The first-order valence-corrected chi connectivity index (χ1v) is 6.64. The van der Waals surface area contributed by atoms with Crippen LogP contribution in [0.15, 0.2) is 0 Å². The first kappa shape index (κ1) is 9.21. The maximum absolute atomic E-state index is 2.87. The predicted molar refractivity (Wildman–Crippen MR) is 59.3 cm³/mol. The minimum Gasteiger partial charge on any atom is -0.298 e. The maximum Gasteiger partial charge on any atom is 0.0209 e. The molecular weight excluding hydrogens is 170 g/mol. The molecule has 4 rings (SSSR count). The molecule has 0 atom stereocenters. The molecule has 0 N–H and O–H groups in total. The van der Waals surface area contributed by atoms with Crippen LogP contribution in [-0.2, 0) is 0 Å². The fourth-order valence-corrected chi connectivity index (χ4v) is 4.07. The zero-order valence-corrected chi connectivity index (χ0v) is 9.30. The third-order valence-electron chi connectivity index (χ3n) is 5.08. The van der Waals surface area contributed by atoms with Crippen LogP contribution >= 0.6 is 0 Å². The minimum absolute atomic E-state index is 0.690. The van der Waals surface area contributed by atoms with E-state index in [1.54, 1.807) is 0 Å². The van der Waals surface area contributed by atoms with Gasteiger partial charge in [0.2, 0.25) is 0 Å². The van der Waals surface area contributed by atoms with Crippen LogP contribution in [0.4, 0.5) is 0 Å². The molecule has 0 unspecified atom stereocenters. The highest BCUT2D eigenvalue weighted by atomic mass is 15.2. The molecule has 0 aromatic heterocycles. The minimum atomic E-state index is 0.690. The Hall–Kier alpha value is -0.0400. The summed E-state index contributed by atoms with van der Waals surface area (Å²) in [4.78, 5) is 2.87. The van der Waals surface area contributed by atoms with E-state index in [9.17, 15) is 0 Å². The van der Waals surface area contributed by atoms with Gasteiger partial charge in [-0.1, -0.05) is 6.42 Å². The van der Waals surface area contributed by atoms with Crippen LogP contribution in [0.5, 0.6) is 0 Å². The largest absolute Gasteiger partial charge is 0.298 e. The van der Waals surface area contributed by atoms with E-state index in [4.69, 9.17) is 0 Å². The second-order valence-electron chi connectivity index (χ2n) is 5.75. The fourth-order valence-electron chi connectivity index (χ4n) is 4.07. The van der Waals surface area contributed by atoms with Crippen LogP contribution in [0.3, 0.4) is 0 Å². The van der Waals surface area contributed by atoms with Crippen molar-refractivity contribution in [1.82, 2.24) is 4.90 Å². The van der Waals surface area contributed by atoms with Crippen molar-refractivity contribution in [2.24, 2.45) is 5.92 Å². The molecule has 0 aromatic carbocycles. The molecule has 0 amide bonds. The predicted octanol–water partition coefficient (Wildman–Crippen LogP) is 3.20. The first-order valence-electron chi connectivity index (χ1n) is 6.64. The average Bonchev–Trinajstić information content (AvgIpc) is 2.33. The summed E-state index contributed by atoms with van der Waals surface area (Å²) in [6.45, 7) is 2.81. The summed E-state index contributed by atoms with van der Waals surface area (Å²) < 4.78 is 0. The molecule has 1 nitrogen and oxygen atoms in total. The molecule has 1 heterocycles. The van der Waals surface area contributed by atoms with Crippen LogP contribution in [0.1, 0.15) is 57.8 Å². The normalized spacial score (nSPS) is 44.1. The van der Waals surface area contributed by atoms with Crippen LogP contribution in [-0.4, -0.2) is 23.5 Å². The number of hydrogen-bond donors (Lipinski definition) is 0. The molecule has 4 aliphatic rings. The number of piperidine rings is 1. The van der Waals surface area contributed by atoms with E-state index in [-0.39, 0.29) is 0 Å². The molecule has 1 saturated heterocycles. The number of hydrogen-bond acceptors (Lipinski definition) is 1. The lowest BCUT2D eigenvalue weighted by Crippen LogP contribution is -2.55. The third kappa shape index (κ3) is 1.41. The van der Waals surface area contributed by atoms with Gasteiger partial charge in [-0.25, -0.2) is 0 Å². The highest BCUT2D eigenvalue weighted by Gasteiger charge is 2.44. The summed E-state index contributed by atoms with van der Waals surface area (Å²) in [7, 11) is 0. The lowest BCUT2D eigenvalue weighted by molar-refractivity contribution is -0.0217. The summed E-state index contributed by atoms with van der Waals surface area (Å²) in [5.41, 5.74) is 0.690. The zero-order chi connectivity index (χ0) is 9.43. The summed E-state index contributed by atoms with van der Waals surface area (Å²) in [5.74, 6) is 1.11. The molecule has 0 spiro atoms. The Kier molecular flexibility index (Phi) is 2.31. The van der Waals surface area contributed by atoms with Crippen molar-refractivity contribution in [3.63, 3.8) is 0 Å². The Labute approximate surface area is 87.9 Å². The van der Waals surface area contributed by atoms with Crippen molar-refractivity contribution in [3.8, 4) is 0 Å². The zero-order valence-electron chi connectivity index (χ0n) is 9.30. The van der Waals surface area contributed by atoms with E-state index >= 15 is 0 Å². The van der Waals surface area contributed by atoms with Gasteiger partial charge in [0.05, 0.1) is 0 Å². The molecule has 14 heavy (non-hydrogen) atoms. The van der Waals surface area contributed by atoms with Gasteiger partial charge in [-0.15, -0.1) is 0 Å². The molecule has 3 saturated carbocycles. The Balaban J connectivity index is 1.73. The van der Waals surface area contributed by atoms with Gasteiger partial charge in [0.15, 0.2) is 0 Å². The van der Waals surface area contributed by atoms with Crippen LogP contribution in [0.2, 0.25) is 0 Å². The smallest absolute Gasteiger partial charge is 0.0209 e. The van der Waals surface area contributed by atoms with Crippen molar-refractivity contribution in [2.45, 2.75) is 63.3 Å². The van der Waals surface area contributed by atoms with Crippen molar-refractivity contribution in [1.29, 1.82) is 0 Å². The maximum atomic E-state index is 2.87. The standard InChI is InChI=1S/C13H23N/c1-2-10-14(11-3-1)13-7-4-12(5-8-13)6-9-13/h12H,1-11H2. The number of likely N-dealkylation sites (tertiary alicyclic amines) is 1. The summed E-state index contributed by atoms with van der Waals surface area (Å²) in [6, 6.07) is 0. The third-order valence-corrected chi connectivity index (χ3v) is 5.08. The molecule has 1 aliphatic heterocycles. The quantitative estimate of drug-likeness (QED) is 0.618. The van der Waals surface area contributed by atoms with Crippen molar-refractivity contribution in [2.75, 3.05) is 13.1 Å². The molecule has 4 fully saturated rings. The molecule has 0 radical (unpaired) electrons. The van der Waals surface area contributed by atoms with Gasteiger partial charge in [-0.2, -0.15) is 0 Å². The Morgan fingerprint density at radius 2 is 1.36 bits per heavy atom. The van der Waals surface area contributed by atoms with Gasteiger partial charge in [0.1, 0.15) is 0 Å². The average molecular weight is 193 g/mol. The second kappa shape index (κ2) is 3.52. The van der Waals surface area contributed by atoms with E-state index < -0.39 is 0 Å². The SMILES string of the molecule is C1CCN(C23CCC(CC2)CC3)CC1. The van der Waals surface area contributed by atoms with E-state index in [0.29, 0.717) is 5.54 Å². The highest BCUT2D eigenvalue weighted by Crippen LogP contribution is 2.48. The topological polar surface area (TPSA) is 3.24 Å². The number of fused-ring (bicyclic) bond motifs is 3. The van der Waals surface area contributed by atoms with Gasteiger partial charge in [0.25, 0.3) is 0 Å². The van der Waals surface area contributed by atoms with Crippen molar-refractivity contribution >= 4 is 0 Å². The van der Waals surface area contributed by atoms with E-state index in [1.807, 2.05) is 0 Å². The molecule has 2 bridgehead atoms. The van der Waals surface area contributed by atoms with Gasteiger partial charge in [-0.05, 0) is 70.4 Å². The van der Waals surface area contributed by atoms with Crippen LogP contribution < -0.4 is 0 Å².